The van der Waals surface area contributed by atoms with E-state index in [-0.39, 0.29) is 12.8 Å². The second-order valence-electron chi connectivity index (χ2n) is 24.9. The number of hydrogen-bond donors (Lipinski definition) is 0. The third-order valence-electron chi connectivity index (χ3n) is 19.5. The molecule has 4 nitrogen and oxygen atoms in total. The van der Waals surface area contributed by atoms with Crippen LogP contribution in [0.2, 0.25) is 0 Å². The number of nitrogens with zero attached hydrogens (tertiary/aromatic N) is 4. The fourth-order valence-electron chi connectivity index (χ4n) is 14.7. The number of aromatic nitrogens is 3. The van der Waals surface area contributed by atoms with Crippen LogP contribution in [0, 0.1) is 35.0 Å². The van der Waals surface area contributed by atoms with Gasteiger partial charge < -0.3 is 4.90 Å². The first kappa shape index (κ1) is 70.9. The minimum atomic E-state index is 0. The van der Waals surface area contributed by atoms with Crippen molar-refractivity contribution in [2.75, 3.05) is 4.90 Å². The van der Waals surface area contributed by atoms with Crippen molar-refractivity contribution in [2.24, 2.45) is 35.0 Å². The fraction of sp³-hybridized carbons (Fsp3) is 0.382. The van der Waals surface area contributed by atoms with Crippen molar-refractivity contribution >= 4 is 33.7 Å². The van der Waals surface area contributed by atoms with E-state index >= 15 is 0 Å². The molecule has 93 heavy (non-hydrogen) atoms. The minimum absolute atomic E-state index is 0. The Balaban J connectivity index is 0.00000119. The predicted molar refractivity (Wildman–Crippen MR) is 407 cm³/mol. The van der Waals surface area contributed by atoms with Gasteiger partial charge >= 0.3 is 0 Å². The Morgan fingerprint density at radius 2 is 1.33 bits per heavy atom. The summed E-state index contributed by atoms with van der Waals surface area (Å²) in [6.07, 6.45) is 66.2. The van der Waals surface area contributed by atoms with Gasteiger partial charge in [-0.05, 0) is 217 Å². The van der Waals surface area contributed by atoms with Gasteiger partial charge in [0, 0.05) is 40.6 Å². The van der Waals surface area contributed by atoms with Crippen molar-refractivity contribution < 1.29 is 0 Å². The van der Waals surface area contributed by atoms with E-state index in [9.17, 15) is 0 Å². The van der Waals surface area contributed by atoms with Crippen molar-refractivity contribution in [3.8, 4) is 22.3 Å². The van der Waals surface area contributed by atoms with Crippen molar-refractivity contribution in [1.29, 1.82) is 0 Å². The molecule has 0 amide bonds. The van der Waals surface area contributed by atoms with Gasteiger partial charge in [0.2, 0.25) is 0 Å². The summed E-state index contributed by atoms with van der Waals surface area (Å²) < 4.78 is 0. The SMILES string of the molecule is C.CC.CC.CC.CC.CC/C(=C\C=C/CCC12C=CC=C(c3nc(C4=CC=CC=CC4)nc(C4=CCC=CCC4C)n3)C1C2)N1c2ccccc2Cc2cc(-c3cccc(-c4cccc(/C5=C/CCC6=C(C=CCCC6)C6C=CCCC6C(C)/C=C\C5)c4)c3)ccc21. The van der Waals surface area contributed by atoms with Crippen LogP contribution in [0.15, 0.2) is 235 Å². The third-order valence-corrected chi connectivity index (χ3v) is 19.5. The summed E-state index contributed by atoms with van der Waals surface area (Å²) in [5, 5.41) is 0. The van der Waals surface area contributed by atoms with Gasteiger partial charge in [-0.3, -0.25) is 0 Å². The summed E-state index contributed by atoms with van der Waals surface area (Å²) in [5.41, 5.74) is 21.4. The molecule has 2 heterocycles. The lowest BCUT2D eigenvalue weighted by molar-refractivity contribution is 0.320. The van der Waals surface area contributed by atoms with Gasteiger partial charge in [-0.25, -0.2) is 15.0 Å². The molecule has 0 saturated heterocycles. The maximum Gasteiger partial charge on any atom is 0.160 e. The van der Waals surface area contributed by atoms with Gasteiger partial charge in [-0.1, -0.05) is 271 Å². The van der Waals surface area contributed by atoms with Crippen LogP contribution in [0.4, 0.5) is 11.4 Å². The lowest BCUT2D eigenvalue weighted by Gasteiger charge is -2.35. The topological polar surface area (TPSA) is 41.9 Å². The maximum atomic E-state index is 5.28. The molecule has 1 aliphatic heterocycles. The quantitative estimate of drug-likeness (QED) is 0.0922. The molecule has 0 spiro atoms. The van der Waals surface area contributed by atoms with Gasteiger partial charge in [0.1, 0.15) is 0 Å². The largest absolute Gasteiger partial charge is 0.314 e. The Morgan fingerprint density at radius 1 is 0.613 bits per heavy atom. The molecule has 1 fully saturated rings. The first-order chi connectivity index (χ1) is 45.4. The van der Waals surface area contributed by atoms with Crippen molar-refractivity contribution in [1.82, 2.24) is 15.0 Å². The van der Waals surface area contributed by atoms with Gasteiger partial charge in [-0.2, -0.15) is 0 Å². The van der Waals surface area contributed by atoms with E-state index in [1.165, 1.54) is 105 Å². The van der Waals surface area contributed by atoms with Crippen LogP contribution in [0.5, 0.6) is 0 Å². The van der Waals surface area contributed by atoms with E-state index in [2.05, 4.69) is 244 Å². The van der Waals surface area contributed by atoms with Crippen LogP contribution in [-0.4, -0.2) is 15.0 Å². The zero-order valence-electron chi connectivity index (χ0n) is 57.8. The Labute approximate surface area is 563 Å². The molecule has 13 rings (SSSR count). The number of hydrogen-bond acceptors (Lipinski definition) is 4. The molecule has 486 valence electrons. The fourth-order valence-corrected chi connectivity index (χ4v) is 14.7. The van der Waals surface area contributed by atoms with E-state index in [0.717, 1.165) is 93.7 Å². The Hall–Kier alpha value is -7.95. The zero-order valence-corrected chi connectivity index (χ0v) is 57.8. The molecule has 1 saturated carbocycles. The van der Waals surface area contributed by atoms with Gasteiger partial charge in [0.05, 0.1) is 0 Å². The molecule has 6 atom stereocenters. The second-order valence-corrected chi connectivity index (χ2v) is 24.9. The summed E-state index contributed by atoms with van der Waals surface area (Å²) in [6.45, 7) is 23.1. The maximum absolute atomic E-state index is 5.28. The van der Waals surface area contributed by atoms with E-state index in [1.54, 1.807) is 11.1 Å². The molecule has 7 aliphatic carbocycles. The van der Waals surface area contributed by atoms with E-state index in [4.69, 9.17) is 15.0 Å². The molecule has 5 aromatic rings. The molecule has 0 N–H and O–H groups in total. The van der Waals surface area contributed by atoms with E-state index < -0.39 is 0 Å². The van der Waals surface area contributed by atoms with Gasteiger partial charge in [-0.15, -0.1) is 0 Å². The third kappa shape index (κ3) is 16.9. The standard InChI is InChI=1S/C80H82N4.4C2H6.CH4/c1-4-68(40-14-9-21-49-80-50-26-45-73(74(80)55-80)79-82-77(60-30-11-5-6-12-31-60)81-78(83-79)70-42-15-7-10-27-57(70)3)84-75-46-20-17-32-66(75)54-67-53-65(47-48-76(67)84)64-39-25-38-63(52-64)62-37-24-36-61(51-62)58-33-22-28-56(2)69-41-18-19-44-72(69)71-43-16-8-13-29-59(71)35-23-34-58;4*1-2;/h5-7,9-12,14,16-17,19-20,22,24-26,28,30,32,34,36-40,42-48,50-53,56-57,69,72,74H,4,8,13,15,18,21,23,27,29,31,33,35,41,49,54-55H2,1-3H3;4*1-2H3;1H4/b14-9-,28-22-,58-34+,68-40+;;;;;. The van der Waals surface area contributed by atoms with Crippen LogP contribution >= 0.6 is 0 Å². The van der Waals surface area contributed by atoms with Crippen LogP contribution in [0.1, 0.15) is 214 Å². The van der Waals surface area contributed by atoms with Crippen LogP contribution in [-0.2, 0) is 6.42 Å². The molecular formula is C89H110N4. The average Bonchev–Trinajstić information content (AvgIpc) is 1.60. The monoisotopic (exact) mass is 1230 g/mol. The normalized spacial score (nSPS) is 23.5. The van der Waals surface area contributed by atoms with Crippen molar-refractivity contribution in [2.45, 2.75) is 186 Å². The van der Waals surface area contributed by atoms with E-state index in [0.29, 0.717) is 29.6 Å². The van der Waals surface area contributed by atoms with Crippen molar-refractivity contribution in [3.05, 3.63) is 270 Å². The molecule has 0 bridgehead atoms. The first-order valence-electron chi connectivity index (χ1n) is 35.9. The Morgan fingerprint density at radius 3 is 2.13 bits per heavy atom. The summed E-state index contributed by atoms with van der Waals surface area (Å²) >= 11 is 0. The molecule has 6 unspecified atom stereocenters. The molecule has 0 radical (unpaired) electrons. The lowest BCUT2D eigenvalue weighted by Crippen LogP contribution is -2.24. The minimum Gasteiger partial charge on any atom is -0.314 e. The number of rotatable bonds is 12. The summed E-state index contributed by atoms with van der Waals surface area (Å²) in [7, 11) is 0. The van der Waals surface area contributed by atoms with Gasteiger partial charge in [0.15, 0.2) is 17.5 Å². The average molecular weight is 1240 g/mol. The summed E-state index contributed by atoms with van der Waals surface area (Å²) in [4.78, 5) is 18.2. The highest BCUT2D eigenvalue weighted by atomic mass is 15.2. The van der Waals surface area contributed by atoms with Gasteiger partial charge in [0.25, 0.3) is 0 Å². The predicted octanol–water partition coefficient (Wildman–Crippen LogP) is 25.9. The molecule has 4 heteroatoms. The van der Waals surface area contributed by atoms with Crippen LogP contribution in [0.3, 0.4) is 0 Å². The Kier molecular flexibility index (Phi) is 27.0. The first-order valence-corrected chi connectivity index (χ1v) is 35.9. The highest BCUT2D eigenvalue weighted by Gasteiger charge is 2.55. The molecule has 1 aromatic heterocycles. The zero-order chi connectivity index (χ0) is 64.8. The lowest BCUT2D eigenvalue weighted by atomic mass is 9.71. The number of fused-ring (bicyclic) bond motifs is 5. The van der Waals surface area contributed by atoms with Crippen LogP contribution < -0.4 is 4.90 Å². The number of allylic oxidation sites excluding steroid dienone is 28. The molecule has 4 aromatic carbocycles. The number of benzene rings is 4. The highest BCUT2D eigenvalue weighted by molar-refractivity contribution is 5.83. The molecular weight excluding hydrogens is 1130 g/mol. The number of para-hydroxylation sites is 1. The van der Waals surface area contributed by atoms with E-state index in [1.807, 2.05) is 55.4 Å². The Bertz CT molecular complexity index is 3770. The number of anilines is 2. The smallest absolute Gasteiger partial charge is 0.160 e. The summed E-state index contributed by atoms with van der Waals surface area (Å²) in [5.74, 6) is 4.95. The highest BCUT2D eigenvalue weighted by Crippen LogP contribution is 2.64. The van der Waals surface area contributed by atoms with Crippen LogP contribution in [0.25, 0.3) is 44.5 Å². The molecule has 8 aliphatic rings. The second kappa shape index (κ2) is 35.4. The van der Waals surface area contributed by atoms with Crippen molar-refractivity contribution in [3.63, 3.8) is 0 Å². The summed E-state index contributed by atoms with van der Waals surface area (Å²) in [6, 6.07) is 34.7.